The summed E-state index contributed by atoms with van der Waals surface area (Å²) in [6.45, 7) is 0. The van der Waals surface area contributed by atoms with Crippen LogP contribution >= 0.6 is 0 Å². The molecule has 0 heterocycles. The molecule has 0 spiro atoms. The molecule has 0 unspecified atom stereocenters. The van der Waals surface area contributed by atoms with E-state index in [-0.39, 0.29) is 40.8 Å². The third-order valence-electron chi connectivity index (χ3n) is 0.401. The van der Waals surface area contributed by atoms with Crippen LogP contribution in [0.3, 0.4) is 0 Å². The Labute approximate surface area is 140 Å². The normalized spacial score (nSPS) is 11.1. The molecule has 0 aromatic carbocycles. The average Bonchev–Trinajstić information content (AvgIpc) is 2.16. The van der Waals surface area contributed by atoms with Gasteiger partial charge in [-0.15, -0.1) is 0 Å². The van der Waals surface area contributed by atoms with Crippen molar-refractivity contribution < 1.29 is 92.9 Å². The van der Waals surface area contributed by atoms with Gasteiger partial charge in [0, 0.05) is 0 Å². The molecule has 1 radical (unpaired) electrons. The van der Waals surface area contributed by atoms with E-state index in [2.05, 4.69) is 0 Å². The molecule has 0 aliphatic carbocycles. The smallest absolute Gasteiger partial charge is 0.746 e. The first-order chi connectivity index (χ1) is 7.68. The number of halogens is 3. The third kappa shape index (κ3) is 55.1. The molecule has 0 fully saturated rings. The topological polar surface area (TPSA) is 172 Å². The number of rotatable bonds is 3. The van der Waals surface area contributed by atoms with Crippen molar-refractivity contribution >= 4 is 30.4 Å². The molecule has 19 heavy (non-hydrogen) atoms. The van der Waals surface area contributed by atoms with Gasteiger partial charge in [-0.1, -0.05) is 0 Å². The minimum Gasteiger partial charge on any atom is -0.746 e. The van der Waals surface area contributed by atoms with Gasteiger partial charge in [0.2, 0.25) is 0 Å². The van der Waals surface area contributed by atoms with E-state index in [0.717, 1.165) is 0 Å². The number of hydrogen-bond donors (Lipinski definition) is 0. The summed E-state index contributed by atoms with van der Waals surface area (Å²) in [5.41, 5.74) is 0. The Morgan fingerprint density at radius 1 is 0.579 bits per heavy atom. The monoisotopic (exact) mass is 481 g/mol. The van der Waals surface area contributed by atoms with E-state index in [1.54, 1.807) is 0 Å². The van der Waals surface area contributed by atoms with Crippen molar-refractivity contribution in [3.63, 3.8) is 0 Å². The Bertz CT molecular complexity index is 420. The van der Waals surface area contributed by atoms with Gasteiger partial charge < -0.3 is 13.7 Å². The quantitative estimate of drug-likeness (QED) is 0.428. The van der Waals surface area contributed by atoms with Crippen LogP contribution in [0.25, 0.3) is 0 Å². The second kappa shape index (κ2) is 12.6. The average molecular weight is 484 g/mol. The molecular formula is C3H6F3NdO9S3. The second-order valence-corrected chi connectivity index (χ2v) is 6.00. The third-order valence-corrected chi connectivity index (χ3v) is 1.20. The van der Waals surface area contributed by atoms with Crippen molar-refractivity contribution in [2.45, 2.75) is 0 Å². The summed E-state index contributed by atoms with van der Waals surface area (Å²) in [5.74, 6) is 0. The van der Waals surface area contributed by atoms with E-state index in [1.165, 1.54) is 0 Å². The molecule has 0 aliphatic rings. The summed E-state index contributed by atoms with van der Waals surface area (Å²) in [6.07, 6.45) is 0. The molecule has 0 bridgehead atoms. The van der Waals surface area contributed by atoms with Gasteiger partial charge in [-0.25, -0.2) is 38.4 Å². The first kappa shape index (κ1) is 28.1. The van der Waals surface area contributed by atoms with Crippen LogP contribution in [-0.2, 0) is 30.4 Å². The molecule has 0 amide bonds. The molecule has 0 aromatic heterocycles. The molecule has 0 atom stereocenters. The van der Waals surface area contributed by atoms with E-state index >= 15 is 0 Å². The molecule has 16 heteroatoms. The van der Waals surface area contributed by atoms with Gasteiger partial charge in [0.25, 0.3) is 0 Å². The Morgan fingerprint density at radius 2 is 0.632 bits per heavy atom. The minimum absolute atomic E-state index is 0. The predicted octanol–water partition coefficient (Wildman–Crippen LogP) is -1.62. The summed E-state index contributed by atoms with van der Waals surface area (Å²) >= 11 is 0. The van der Waals surface area contributed by atoms with Crippen LogP contribution in [0.5, 0.6) is 0 Å². The van der Waals surface area contributed by atoms with Crippen LogP contribution in [-0.4, -0.2) is 56.9 Å². The van der Waals surface area contributed by atoms with E-state index < -0.39 is 48.4 Å². The first-order valence-electron chi connectivity index (χ1n) is 3.17. The Morgan fingerprint density at radius 3 is 0.632 bits per heavy atom. The summed E-state index contributed by atoms with van der Waals surface area (Å²) in [5, 5.41) is 0. The Hall–Kier alpha value is 0.871. The van der Waals surface area contributed by atoms with Gasteiger partial charge in [-0.3, -0.25) is 0 Å². The molecule has 0 saturated carbocycles. The first-order valence-corrected chi connectivity index (χ1v) is 7.90. The molecule has 0 rings (SSSR count). The summed E-state index contributed by atoms with van der Waals surface area (Å²) < 4.78 is 113. The van der Waals surface area contributed by atoms with Gasteiger partial charge >= 0.3 is 40.8 Å². The maximum absolute atomic E-state index is 10.6. The van der Waals surface area contributed by atoms with Gasteiger partial charge in [-0.2, -0.15) is 0 Å². The molecule has 0 saturated heterocycles. The minimum atomic E-state index is -4.58. The fraction of sp³-hybridized carbons (Fsp3) is 1.00. The van der Waals surface area contributed by atoms with Gasteiger partial charge in [0.05, 0.1) is 0 Å². The molecule has 0 aliphatic heterocycles. The Kier molecular flexibility index (Phi) is 18.6. The maximum atomic E-state index is 10.6. The zero-order chi connectivity index (χ0) is 15.6. The van der Waals surface area contributed by atoms with Crippen LogP contribution in [0, 0.1) is 40.8 Å². The van der Waals surface area contributed by atoms with Crippen LogP contribution in [0.4, 0.5) is 13.2 Å². The van der Waals surface area contributed by atoms with Gasteiger partial charge in [0.1, 0.15) is 30.4 Å². The van der Waals surface area contributed by atoms with Crippen molar-refractivity contribution in [1.82, 2.24) is 0 Å². The molecular weight excluding hydrogens is 477 g/mol. The number of hydrogen-bond acceptors (Lipinski definition) is 9. The van der Waals surface area contributed by atoms with Crippen LogP contribution < -0.4 is 0 Å². The maximum Gasteiger partial charge on any atom is 3.00 e. The Balaban J connectivity index is -0.0000000865. The van der Waals surface area contributed by atoms with Gasteiger partial charge in [-0.05, 0) is 0 Å². The van der Waals surface area contributed by atoms with E-state index in [1.807, 2.05) is 0 Å². The van der Waals surface area contributed by atoms with E-state index in [4.69, 9.17) is 38.9 Å². The van der Waals surface area contributed by atoms with Crippen molar-refractivity contribution in [2.75, 3.05) is 18.0 Å². The fourth-order valence-corrected chi connectivity index (χ4v) is 0. The summed E-state index contributed by atoms with van der Waals surface area (Å²) in [7, 11) is -13.7. The van der Waals surface area contributed by atoms with Gasteiger partial charge in [0.15, 0.2) is 18.0 Å². The fourth-order valence-electron chi connectivity index (χ4n) is 0. The van der Waals surface area contributed by atoms with Crippen molar-refractivity contribution in [2.24, 2.45) is 0 Å². The van der Waals surface area contributed by atoms with Crippen LogP contribution in [0.2, 0.25) is 0 Å². The van der Waals surface area contributed by atoms with Crippen LogP contribution in [0.15, 0.2) is 0 Å². The summed E-state index contributed by atoms with van der Waals surface area (Å²) in [4.78, 5) is 0. The predicted molar refractivity (Wildman–Crippen MR) is 47.0 cm³/mol. The largest absolute Gasteiger partial charge is 3.00 e. The summed E-state index contributed by atoms with van der Waals surface area (Å²) in [6, 6.07) is -5.44. The molecule has 115 valence electrons. The second-order valence-electron chi connectivity index (χ2n) is 2.00. The van der Waals surface area contributed by atoms with E-state index in [0.29, 0.717) is 0 Å². The zero-order valence-corrected chi connectivity index (χ0v) is 14.3. The molecule has 0 aromatic rings. The van der Waals surface area contributed by atoms with Crippen LogP contribution in [0.1, 0.15) is 0 Å². The van der Waals surface area contributed by atoms with E-state index in [9.17, 15) is 13.2 Å². The van der Waals surface area contributed by atoms with Crippen molar-refractivity contribution in [3.05, 3.63) is 0 Å². The number of alkyl halides is 3. The SMILES string of the molecule is O=S(=O)([O-])CF.O=S(=O)([O-])CF.O=S(=O)([O-])CF.[Nd+3]. The zero-order valence-electron chi connectivity index (χ0n) is 8.65. The van der Waals surface area contributed by atoms with Crippen molar-refractivity contribution in [1.29, 1.82) is 0 Å². The van der Waals surface area contributed by atoms with Crippen molar-refractivity contribution in [3.8, 4) is 0 Å². The molecule has 0 N–H and O–H groups in total. The standard InChI is InChI=1S/3CH3FO3S.Nd/c3*2-1-6(3,4)5;/h3*1H2,(H,3,4,5);/q;;;+3/p-3. The molecule has 9 nitrogen and oxygen atoms in total.